The molecule has 1 amide bonds. The summed E-state index contributed by atoms with van der Waals surface area (Å²) in [6.45, 7) is 0.277. The van der Waals surface area contributed by atoms with E-state index in [9.17, 15) is 23.3 Å². The molecule has 1 aliphatic heterocycles. The zero-order valence-corrected chi connectivity index (χ0v) is 16.7. The minimum absolute atomic E-state index is 0.0122. The highest BCUT2D eigenvalue weighted by molar-refractivity contribution is 7.89. The van der Waals surface area contributed by atoms with Gasteiger partial charge in [0.25, 0.3) is 11.6 Å². The molecule has 3 rings (SSSR count). The average Bonchev–Trinajstić information content (AvgIpc) is 2.69. The Bertz CT molecular complexity index is 1040. The Kier molecular flexibility index (Phi) is 5.90. The second-order valence-corrected chi connectivity index (χ2v) is 8.71. The van der Waals surface area contributed by atoms with Gasteiger partial charge in [0.05, 0.1) is 20.5 Å². The monoisotopic (exact) mass is 443 g/mol. The fourth-order valence-electron chi connectivity index (χ4n) is 2.94. The molecule has 28 heavy (non-hydrogen) atoms. The number of nitro groups is 1. The number of rotatable bonds is 4. The van der Waals surface area contributed by atoms with Crippen molar-refractivity contribution >= 4 is 44.8 Å². The second kappa shape index (κ2) is 8.04. The van der Waals surface area contributed by atoms with Gasteiger partial charge >= 0.3 is 0 Å². The molecule has 8 nitrogen and oxygen atoms in total. The van der Waals surface area contributed by atoms with Crippen molar-refractivity contribution in [3.05, 3.63) is 68.2 Å². The van der Waals surface area contributed by atoms with Crippen molar-refractivity contribution in [3.63, 3.8) is 0 Å². The zero-order chi connectivity index (χ0) is 20.5. The van der Waals surface area contributed by atoms with E-state index in [1.807, 2.05) is 0 Å². The Morgan fingerprint density at radius 2 is 1.64 bits per heavy atom. The maximum Gasteiger partial charge on any atom is 0.289 e. The van der Waals surface area contributed by atoms with Gasteiger partial charge in [0, 0.05) is 32.2 Å². The van der Waals surface area contributed by atoms with Gasteiger partial charge in [-0.2, -0.15) is 4.31 Å². The Hall–Kier alpha value is -2.20. The molecule has 1 aliphatic rings. The zero-order valence-electron chi connectivity index (χ0n) is 14.4. The number of hydrogen-bond donors (Lipinski definition) is 0. The number of sulfonamides is 1. The molecular weight excluding hydrogens is 429 g/mol. The van der Waals surface area contributed by atoms with Gasteiger partial charge in [-0.1, -0.05) is 41.4 Å². The Morgan fingerprint density at radius 1 is 1.00 bits per heavy atom. The van der Waals surface area contributed by atoms with Gasteiger partial charge in [0.2, 0.25) is 10.0 Å². The predicted octanol–water partition coefficient (Wildman–Crippen LogP) is 3.05. The van der Waals surface area contributed by atoms with Crippen LogP contribution < -0.4 is 0 Å². The molecule has 0 bridgehead atoms. The minimum atomic E-state index is -4.06. The normalized spacial score (nSPS) is 15.4. The molecule has 0 saturated carbocycles. The van der Waals surface area contributed by atoms with Crippen LogP contribution in [0.3, 0.4) is 0 Å². The van der Waals surface area contributed by atoms with Crippen molar-refractivity contribution in [2.75, 3.05) is 26.2 Å². The molecule has 0 atom stereocenters. The molecule has 1 saturated heterocycles. The average molecular weight is 444 g/mol. The molecule has 11 heteroatoms. The molecular formula is C17H15Cl2N3O5S. The highest BCUT2D eigenvalue weighted by atomic mass is 35.5. The molecule has 0 spiro atoms. The molecule has 0 N–H and O–H groups in total. The van der Waals surface area contributed by atoms with Crippen LogP contribution in [0.4, 0.5) is 5.69 Å². The van der Waals surface area contributed by atoms with E-state index in [4.69, 9.17) is 23.2 Å². The van der Waals surface area contributed by atoms with Gasteiger partial charge in [0.15, 0.2) is 4.90 Å². The number of benzene rings is 2. The van der Waals surface area contributed by atoms with Gasteiger partial charge in [-0.3, -0.25) is 14.9 Å². The first-order valence-electron chi connectivity index (χ1n) is 8.20. The quantitative estimate of drug-likeness (QED) is 0.533. The lowest BCUT2D eigenvalue weighted by Crippen LogP contribution is -2.50. The Labute approximate surface area is 171 Å². The van der Waals surface area contributed by atoms with Crippen LogP contribution in [-0.4, -0.2) is 54.6 Å². The summed E-state index contributed by atoms with van der Waals surface area (Å²) in [6, 6.07) is 9.91. The van der Waals surface area contributed by atoms with Gasteiger partial charge in [0.1, 0.15) is 0 Å². The largest absolute Gasteiger partial charge is 0.336 e. The highest BCUT2D eigenvalue weighted by Gasteiger charge is 2.34. The maximum absolute atomic E-state index is 12.8. The third-order valence-electron chi connectivity index (χ3n) is 4.39. The van der Waals surface area contributed by atoms with Crippen LogP contribution in [0.5, 0.6) is 0 Å². The molecule has 2 aromatic rings. The summed E-state index contributed by atoms with van der Waals surface area (Å²) in [6.07, 6.45) is 0. The predicted molar refractivity (Wildman–Crippen MR) is 104 cm³/mol. The van der Waals surface area contributed by atoms with Crippen molar-refractivity contribution in [3.8, 4) is 0 Å². The van der Waals surface area contributed by atoms with Gasteiger partial charge in [-0.15, -0.1) is 0 Å². The van der Waals surface area contributed by atoms with Gasteiger partial charge < -0.3 is 4.90 Å². The SMILES string of the molecule is O=C(c1cccc(Cl)c1Cl)N1CCN(S(=O)(=O)c2ccccc2[N+](=O)[O-])CC1. The lowest BCUT2D eigenvalue weighted by molar-refractivity contribution is -0.387. The smallest absolute Gasteiger partial charge is 0.289 e. The Morgan fingerprint density at radius 3 is 2.29 bits per heavy atom. The summed E-state index contributed by atoms with van der Waals surface area (Å²) >= 11 is 12.0. The van der Waals surface area contributed by atoms with Crippen LogP contribution in [0.25, 0.3) is 0 Å². The summed E-state index contributed by atoms with van der Waals surface area (Å²) in [5.74, 6) is -0.352. The molecule has 148 valence electrons. The fraction of sp³-hybridized carbons (Fsp3) is 0.235. The lowest BCUT2D eigenvalue weighted by atomic mass is 10.2. The molecule has 0 unspecified atom stereocenters. The number of hydrogen-bond acceptors (Lipinski definition) is 5. The topological polar surface area (TPSA) is 101 Å². The van der Waals surface area contributed by atoms with Crippen LogP contribution >= 0.6 is 23.2 Å². The molecule has 1 heterocycles. The number of carbonyl (C=O) groups is 1. The van der Waals surface area contributed by atoms with E-state index in [1.54, 1.807) is 18.2 Å². The summed E-state index contributed by atoms with van der Waals surface area (Å²) in [5, 5.41) is 11.6. The van der Waals surface area contributed by atoms with E-state index >= 15 is 0 Å². The number of nitro benzene ring substituents is 1. The standard InChI is InChI=1S/C17H15Cl2N3O5S/c18-13-5-3-4-12(16(13)19)17(23)20-8-10-21(11-9-20)28(26,27)15-7-2-1-6-14(15)22(24)25/h1-7H,8-11H2. The van der Waals surface area contributed by atoms with Crippen LogP contribution in [-0.2, 0) is 10.0 Å². The molecule has 2 aromatic carbocycles. The van der Waals surface area contributed by atoms with Gasteiger partial charge in [-0.25, -0.2) is 8.42 Å². The van der Waals surface area contributed by atoms with Crippen molar-refractivity contribution < 1.29 is 18.1 Å². The lowest BCUT2D eigenvalue weighted by Gasteiger charge is -2.34. The number of carbonyl (C=O) groups excluding carboxylic acids is 1. The second-order valence-electron chi connectivity index (χ2n) is 6.02. The van der Waals surface area contributed by atoms with Crippen molar-refractivity contribution in [1.82, 2.24) is 9.21 Å². The third kappa shape index (κ3) is 3.83. The van der Waals surface area contributed by atoms with Crippen LogP contribution in [0.1, 0.15) is 10.4 Å². The van der Waals surface area contributed by atoms with E-state index < -0.39 is 20.6 Å². The van der Waals surface area contributed by atoms with E-state index in [0.717, 1.165) is 10.4 Å². The first-order valence-corrected chi connectivity index (χ1v) is 10.4. The fourth-order valence-corrected chi connectivity index (χ4v) is 4.90. The van der Waals surface area contributed by atoms with Crippen molar-refractivity contribution in [1.29, 1.82) is 0 Å². The van der Waals surface area contributed by atoms with E-state index in [1.165, 1.54) is 23.1 Å². The van der Waals surface area contributed by atoms with Crippen LogP contribution in [0.2, 0.25) is 10.0 Å². The first-order chi connectivity index (χ1) is 13.2. The minimum Gasteiger partial charge on any atom is -0.336 e. The summed E-state index contributed by atoms with van der Waals surface area (Å²) in [5.41, 5.74) is -0.240. The number of para-hydroxylation sites is 1. The van der Waals surface area contributed by atoms with Gasteiger partial charge in [-0.05, 0) is 18.2 Å². The molecule has 1 fully saturated rings. The van der Waals surface area contributed by atoms with Crippen molar-refractivity contribution in [2.24, 2.45) is 0 Å². The third-order valence-corrected chi connectivity index (χ3v) is 7.15. The molecule has 0 radical (unpaired) electrons. The van der Waals surface area contributed by atoms with E-state index in [-0.39, 0.29) is 52.6 Å². The maximum atomic E-state index is 12.8. The summed E-state index contributed by atoms with van der Waals surface area (Å²) < 4.78 is 26.8. The van der Waals surface area contributed by atoms with Crippen LogP contribution in [0.15, 0.2) is 47.4 Å². The number of piperazine rings is 1. The number of nitrogens with zero attached hydrogens (tertiary/aromatic N) is 3. The molecule has 0 aliphatic carbocycles. The van der Waals surface area contributed by atoms with Crippen LogP contribution in [0, 0.1) is 10.1 Å². The van der Waals surface area contributed by atoms with E-state index in [0.29, 0.717) is 0 Å². The summed E-state index contributed by atoms with van der Waals surface area (Å²) in [4.78, 5) is 24.2. The molecule has 0 aromatic heterocycles. The van der Waals surface area contributed by atoms with E-state index in [2.05, 4.69) is 0 Å². The Balaban J connectivity index is 1.78. The number of halogens is 2. The highest BCUT2D eigenvalue weighted by Crippen LogP contribution is 2.29. The first kappa shape index (κ1) is 20.5. The summed E-state index contributed by atoms with van der Waals surface area (Å²) in [7, 11) is -4.06. The van der Waals surface area contributed by atoms with Crippen molar-refractivity contribution in [2.45, 2.75) is 4.90 Å². The number of amides is 1.